The molecular weight excluding hydrogens is 204 g/mol. The molecule has 0 aliphatic heterocycles. The third kappa shape index (κ3) is 2.42. The Morgan fingerprint density at radius 1 is 1.25 bits per heavy atom. The van der Waals surface area contributed by atoms with E-state index in [1.807, 2.05) is 6.08 Å². The molecule has 3 nitrogen and oxygen atoms in total. The lowest BCUT2D eigenvalue weighted by Gasteiger charge is -2.05. The Morgan fingerprint density at radius 2 is 2.00 bits per heavy atom. The first-order valence-electron chi connectivity index (χ1n) is 5.16. The van der Waals surface area contributed by atoms with E-state index in [2.05, 4.69) is 6.42 Å². The zero-order chi connectivity index (χ0) is 11.4. The molecule has 3 heteroatoms. The van der Waals surface area contributed by atoms with E-state index >= 15 is 0 Å². The van der Waals surface area contributed by atoms with Gasteiger partial charge in [-0.15, -0.1) is 0 Å². The van der Waals surface area contributed by atoms with Crippen LogP contribution in [0.3, 0.4) is 0 Å². The fourth-order valence-electron chi connectivity index (χ4n) is 1.51. The van der Waals surface area contributed by atoms with Crippen LogP contribution in [0.1, 0.15) is 23.2 Å². The number of ether oxygens (including phenoxy) is 2. The van der Waals surface area contributed by atoms with Crippen molar-refractivity contribution in [3.8, 4) is 5.75 Å². The van der Waals surface area contributed by atoms with Crippen molar-refractivity contribution >= 4 is 5.97 Å². The highest BCUT2D eigenvalue weighted by molar-refractivity contribution is 5.90. The number of methoxy groups -OCH3 is 1. The molecule has 1 aliphatic carbocycles. The van der Waals surface area contributed by atoms with Gasteiger partial charge < -0.3 is 9.47 Å². The molecule has 1 aliphatic rings. The number of rotatable bonds is 3. The Hall–Kier alpha value is -1.77. The zero-order valence-corrected chi connectivity index (χ0v) is 9.10. The van der Waals surface area contributed by atoms with Crippen LogP contribution in [0, 0.1) is 6.42 Å². The number of esters is 1. The molecule has 83 valence electrons. The molecule has 0 saturated carbocycles. The molecule has 0 bridgehead atoms. The van der Waals surface area contributed by atoms with E-state index in [1.165, 1.54) is 0 Å². The van der Waals surface area contributed by atoms with Crippen LogP contribution in [0.5, 0.6) is 5.75 Å². The Morgan fingerprint density at radius 3 is 2.56 bits per heavy atom. The van der Waals surface area contributed by atoms with Gasteiger partial charge in [0.2, 0.25) is 0 Å². The van der Waals surface area contributed by atoms with Crippen molar-refractivity contribution in [1.82, 2.24) is 0 Å². The summed E-state index contributed by atoms with van der Waals surface area (Å²) in [5.74, 6) is 1.15. The number of benzene rings is 1. The molecule has 1 aromatic rings. The first-order valence-corrected chi connectivity index (χ1v) is 5.16. The van der Waals surface area contributed by atoms with Crippen LogP contribution in [0.4, 0.5) is 0 Å². The van der Waals surface area contributed by atoms with E-state index in [4.69, 9.17) is 9.47 Å². The van der Waals surface area contributed by atoms with Gasteiger partial charge in [0.05, 0.1) is 12.7 Å². The third-order valence-corrected chi connectivity index (χ3v) is 2.41. The largest absolute Gasteiger partial charge is 0.497 e. The highest BCUT2D eigenvalue weighted by atomic mass is 16.5. The van der Waals surface area contributed by atoms with Gasteiger partial charge >= 0.3 is 5.97 Å². The number of carbonyl (C=O) groups is 1. The fourth-order valence-corrected chi connectivity index (χ4v) is 1.51. The van der Waals surface area contributed by atoms with E-state index in [9.17, 15) is 4.79 Å². The van der Waals surface area contributed by atoms with Crippen molar-refractivity contribution in [2.24, 2.45) is 0 Å². The predicted molar refractivity (Wildman–Crippen MR) is 60.0 cm³/mol. The lowest BCUT2D eigenvalue weighted by atomic mass is 10.2. The Kier molecular flexibility index (Phi) is 3.25. The summed E-state index contributed by atoms with van der Waals surface area (Å²) in [4.78, 5) is 11.7. The molecule has 0 spiro atoms. The lowest BCUT2D eigenvalue weighted by Crippen LogP contribution is -2.03. The summed E-state index contributed by atoms with van der Waals surface area (Å²) in [5.41, 5.74) is 0.536. The van der Waals surface area contributed by atoms with Gasteiger partial charge in [0, 0.05) is 6.42 Å². The second-order valence-electron chi connectivity index (χ2n) is 3.52. The van der Waals surface area contributed by atoms with Crippen LogP contribution < -0.4 is 4.74 Å². The van der Waals surface area contributed by atoms with Gasteiger partial charge in [-0.05, 0) is 43.2 Å². The van der Waals surface area contributed by atoms with E-state index in [0.29, 0.717) is 5.56 Å². The first-order chi connectivity index (χ1) is 7.79. The lowest BCUT2D eigenvalue weighted by molar-refractivity contribution is 0.0620. The number of hydrogen-bond acceptors (Lipinski definition) is 3. The summed E-state index contributed by atoms with van der Waals surface area (Å²) in [5, 5.41) is 0. The monoisotopic (exact) mass is 217 g/mol. The molecule has 1 aromatic carbocycles. The molecule has 0 atom stereocenters. The summed E-state index contributed by atoms with van der Waals surface area (Å²) in [6.45, 7) is 0. The first kappa shape index (κ1) is 10.7. The van der Waals surface area contributed by atoms with Gasteiger partial charge in [-0.25, -0.2) is 4.79 Å². The average Bonchev–Trinajstić information content (AvgIpc) is 2.82. The minimum atomic E-state index is -0.316. The molecule has 0 aromatic heterocycles. The molecule has 0 amide bonds. The van der Waals surface area contributed by atoms with Crippen LogP contribution in [0.2, 0.25) is 0 Å². The Balaban J connectivity index is 2.02. The Labute approximate surface area is 94.7 Å². The zero-order valence-electron chi connectivity index (χ0n) is 9.10. The minimum Gasteiger partial charge on any atom is -0.497 e. The molecule has 2 rings (SSSR count). The molecular formula is C13H13O3. The van der Waals surface area contributed by atoms with Gasteiger partial charge in [0.1, 0.15) is 11.5 Å². The van der Waals surface area contributed by atoms with Gasteiger partial charge in [-0.3, -0.25) is 0 Å². The highest BCUT2D eigenvalue weighted by Crippen LogP contribution is 2.20. The summed E-state index contributed by atoms with van der Waals surface area (Å²) in [6.07, 6.45) is 5.60. The predicted octanol–water partition coefficient (Wildman–Crippen LogP) is 2.73. The van der Waals surface area contributed by atoms with Crippen LogP contribution >= 0.6 is 0 Å². The molecule has 0 saturated heterocycles. The summed E-state index contributed by atoms with van der Waals surface area (Å²) in [7, 11) is 1.59. The second-order valence-corrected chi connectivity index (χ2v) is 3.52. The van der Waals surface area contributed by atoms with Crippen molar-refractivity contribution < 1.29 is 14.3 Å². The van der Waals surface area contributed by atoms with E-state index in [-0.39, 0.29) is 5.97 Å². The highest BCUT2D eigenvalue weighted by Gasteiger charge is 2.12. The normalized spacial score (nSPS) is 14.4. The van der Waals surface area contributed by atoms with Crippen LogP contribution in [0.25, 0.3) is 0 Å². The van der Waals surface area contributed by atoms with Crippen molar-refractivity contribution in [3.05, 3.63) is 48.1 Å². The third-order valence-electron chi connectivity index (χ3n) is 2.41. The maximum absolute atomic E-state index is 11.7. The summed E-state index contributed by atoms with van der Waals surface area (Å²) >= 11 is 0. The van der Waals surface area contributed by atoms with Gasteiger partial charge in [-0.1, -0.05) is 0 Å². The van der Waals surface area contributed by atoms with E-state index < -0.39 is 0 Å². The van der Waals surface area contributed by atoms with Crippen LogP contribution in [-0.2, 0) is 4.74 Å². The maximum atomic E-state index is 11.7. The van der Waals surface area contributed by atoms with Crippen molar-refractivity contribution in [2.45, 2.75) is 12.8 Å². The number of allylic oxidation sites excluding steroid dienone is 2. The Bertz CT molecular complexity index is 404. The molecule has 0 fully saturated rings. The summed E-state index contributed by atoms with van der Waals surface area (Å²) in [6, 6.07) is 6.87. The van der Waals surface area contributed by atoms with Gasteiger partial charge in [0.15, 0.2) is 0 Å². The molecule has 0 heterocycles. The van der Waals surface area contributed by atoms with Crippen LogP contribution in [-0.4, -0.2) is 13.1 Å². The van der Waals surface area contributed by atoms with E-state index in [1.54, 1.807) is 31.4 Å². The molecule has 16 heavy (non-hydrogen) atoms. The smallest absolute Gasteiger partial charge is 0.343 e. The maximum Gasteiger partial charge on any atom is 0.343 e. The molecule has 1 radical (unpaired) electrons. The minimum absolute atomic E-state index is 0.316. The van der Waals surface area contributed by atoms with Crippen molar-refractivity contribution in [3.63, 3.8) is 0 Å². The molecule has 0 unspecified atom stereocenters. The quantitative estimate of drug-likeness (QED) is 0.730. The standard InChI is InChI=1S/C13H13O3/c1-15-11-8-6-10(7-9-11)13(14)16-12-4-2-3-5-12/h2,5-9H,3-4H2,1H3. The number of carbonyl (C=O) groups excluding carboxylic acids is 1. The molecule has 0 N–H and O–H groups in total. The topological polar surface area (TPSA) is 35.5 Å². The fraction of sp³-hybridized carbons (Fsp3) is 0.231. The van der Waals surface area contributed by atoms with Crippen molar-refractivity contribution in [1.29, 1.82) is 0 Å². The second kappa shape index (κ2) is 4.84. The van der Waals surface area contributed by atoms with E-state index in [0.717, 1.165) is 24.4 Å². The van der Waals surface area contributed by atoms with Gasteiger partial charge in [-0.2, -0.15) is 0 Å². The van der Waals surface area contributed by atoms with Gasteiger partial charge in [0.25, 0.3) is 0 Å². The number of hydrogen-bond donors (Lipinski definition) is 0. The average molecular weight is 217 g/mol. The SMILES string of the molecule is COc1ccc(C(=O)OC2=CC[CH]C2)cc1. The van der Waals surface area contributed by atoms with Crippen LogP contribution in [0.15, 0.2) is 36.1 Å². The summed E-state index contributed by atoms with van der Waals surface area (Å²) < 4.78 is 10.2. The van der Waals surface area contributed by atoms with Crippen molar-refractivity contribution in [2.75, 3.05) is 7.11 Å².